The minimum Gasteiger partial charge on any atom is -0.480 e. The van der Waals surface area contributed by atoms with Gasteiger partial charge >= 0.3 is 5.97 Å². The van der Waals surface area contributed by atoms with Crippen molar-refractivity contribution in [3.63, 3.8) is 0 Å². The van der Waals surface area contributed by atoms with Gasteiger partial charge in [-0.3, -0.25) is 19.3 Å². The number of amides is 3. The van der Waals surface area contributed by atoms with E-state index in [0.29, 0.717) is 0 Å². The fourth-order valence-corrected chi connectivity index (χ4v) is 2.08. The van der Waals surface area contributed by atoms with E-state index in [4.69, 9.17) is 5.11 Å². The molecule has 1 aliphatic rings. The first-order valence-corrected chi connectivity index (χ1v) is 6.37. The van der Waals surface area contributed by atoms with Crippen LogP contribution in [0.4, 0.5) is 0 Å². The Kier molecular flexibility index (Phi) is 3.75. The van der Waals surface area contributed by atoms with E-state index < -0.39 is 29.7 Å². The van der Waals surface area contributed by atoms with E-state index in [1.807, 2.05) is 0 Å². The topological polar surface area (TPSA) is 104 Å². The predicted molar refractivity (Wildman–Crippen MR) is 72.0 cm³/mol. The number of imide groups is 1. The molecular weight excluding hydrogens is 276 g/mol. The minimum absolute atomic E-state index is 0.143. The zero-order valence-corrected chi connectivity index (χ0v) is 11.5. The van der Waals surface area contributed by atoms with Crippen LogP contribution in [0, 0.1) is 0 Å². The number of nitrogens with zero attached hydrogens (tertiary/aromatic N) is 1. The third-order valence-electron chi connectivity index (χ3n) is 3.36. The summed E-state index contributed by atoms with van der Waals surface area (Å²) >= 11 is 0. The van der Waals surface area contributed by atoms with Crippen molar-refractivity contribution in [2.24, 2.45) is 0 Å². The number of hydrogen-bond donors (Lipinski definition) is 2. The lowest BCUT2D eigenvalue weighted by Crippen LogP contribution is -2.40. The van der Waals surface area contributed by atoms with Crippen molar-refractivity contribution in [3.05, 3.63) is 34.9 Å². The van der Waals surface area contributed by atoms with Crippen LogP contribution in [0.3, 0.4) is 0 Å². The number of hydrogen-bond acceptors (Lipinski definition) is 4. The van der Waals surface area contributed by atoms with Gasteiger partial charge < -0.3 is 10.4 Å². The Morgan fingerprint density at radius 3 is 2.43 bits per heavy atom. The van der Waals surface area contributed by atoms with Crippen molar-refractivity contribution < 1.29 is 24.3 Å². The van der Waals surface area contributed by atoms with Crippen molar-refractivity contribution in [1.82, 2.24) is 10.2 Å². The van der Waals surface area contributed by atoms with Crippen LogP contribution in [0.1, 0.15) is 44.4 Å². The molecule has 0 saturated carbocycles. The van der Waals surface area contributed by atoms with Gasteiger partial charge in [-0.1, -0.05) is 6.92 Å². The van der Waals surface area contributed by atoms with Gasteiger partial charge in [0.25, 0.3) is 17.7 Å². The maximum absolute atomic E-state index is 12.0. The summed E-state index contributed by atoms with van der Waals surface area (Å²) in [5, 5.41) is 11.3. The van der Waals surface area contributed by atoms with Crippen molar-refractivity contribution >= 4 is 23.7 Å². The lowest BCUT2D eigenvalue weighted by atomic mass is 10.0. The summed E-state index contributed by atoms with van der Waals surface area (Å²) in [4.78, 5) is 47.5. The molecule has 0 aliphatic carbocycles. The van der Waals surface area contributed by atoms with Crippen molar-refractivity contribution in [2.75, 3.05) is 7.05 Å². The molecule has 0 fully saturated rings. The van der Waals surface area contributed by atoms with Crippen LogP contribution >= 0.6 is 0 Å². The summed E-state index contributed by atoms with van der Waals surface area (Å²) in [6.07, 6.45) is 0.242. The average Bonchev–Trinajstić information content (AvgIpc) is 2.68. The lowest BCUT2D eigenvalue weighted by Gasteiger charge is -2.12. The zero-order valence-electron chi connectivity index (χ0n) is 11.5. The maximum Gasteiger partial charge on any atom is 0.326 e. The Morgan fingerprint density at radius 2 is 1.86 bits per heavy atom. The van der Waals surface area contributed by atoms with Gasteiger partial charge in [-0.25, -0.2) is 4.79 Å². The molecule has 3 amide bonds. The Hall–Kier alpha value is -2.70. The molecule has 0 saturated heterocycles. The van der Waals surface area contributed by atoms with E-state index in [1.165, 1.54) is 25.2 Å². The van der Waals surface area contributed by atoms with Crippen molar-refractivity contribution in [1.29, 1.82) is 0 Å². The van der Waals surface area contributed by atoms with Gasteiger partial charge in [-0.05, 0) is 24.6 Å². The fourth-order valence-electron chi connectivity index (χ4n) is 2.08. The minimum atomic E-state index is -1.13. The second-order valence-corrected chi connectivity index (χ2v) is 4.70. The SMILES string of the molecule is CCC(NC(=O)c1ccc2c(c1)C(=O)N(C)C2=O)C(=O)O. The number of nitrogens with one attached hydrogen (secondary N) is 1. The number of fused-ring (bicyclic) bond motifs is 1. The van der Waals surface area contributed by atoms with Gasteiger partial charge in [-0.2, -0.15) is 0 Å². The van der Waals surface area contributed by atoms with Gasteiger partial charge in [0.05, 0.1) is 11.1 Å². The fraction of sp³-hybridized carbons (Fsp3) is 0.286. The second kappa shape index (κ2) is 5.35. The molecule has 7 nitrogen and oxygen atoms in total. The number of benzene rings is 1. The molecule has 1 aliphatic heterocycles. The van der Waals surface area contributed by atoms with Gasteiger partial charge in [0, 0.05) is 12.6 Å². The summed E-state index contributed by atoms with van der Waals surface area (Å²) in [5.41, 5.74) is 0.535. The zero-order chi connectivity index (χ0) is 15.7. The number of rotatable bonds is 4. The first-order valence-electron chi connectivity index (χ1n) is 6.37. The summed E-state index contributed by atoms with van der Waals surface area (Å²) in [6.45, 7) is 1.64. The van der Waals surface area contributed by atoms with E-state index in [-0.39, 0.29) is 23.1 Å². The third-order valence-corrected chi connectivity index (χ3v) is 3.36. The summed E-state index contributed by atoms with van der Waals surface area (Å²) in [6, 6.07) is 3.11. The summed E-state index contributed by atoms with van der Waals surface area (Å²) < 4.78 is 0. The van der Waals surface area contributed by atoms with E-state index >= 15 is 0 Å². The Bertz CT molecular complexity index is 653. The highest BCUT2D eigenvalue weighted by molar-refractivity contribution is 6.21. The maximum atomic E-state index is 12.0. The van der Waals surface area contributed by atoms with Crippen LogP contribution in [-0.2, 0) is 4.79 Å². The van der Waals surface area contributed by atoms with Crippen LogP contribution in [0.15, 0.2) is 18.2 Å². The molecule has 1 atom stereocenters. The predicted octanol–water partition coefficient (Wildman–Crippen LogP) is 0.505. The molecule has 0 radical (unpaired) electrons. The molecule has 2 N–H and O–H groups in total. The second-order valence-electron chi connectivity index (χ2n) is 4.70. The molecule has 0 spiro atoms. The van der Waals surface area contributed by atoms with Gasteiger partial charge in [-0.15, -0.1) is 0 Å². The van der Waals surface area contributed by atoms with E-state index in [0.717, 1.165) is 4.90 Å². The van der Waals surface area contributed by atoms with Crippen LogP contribution in [0.2, 0.25) is 0 Å². The number of carboxylic acids is 1. The molecule has 1 aromatic rings. The van der Waals surface area contributed by atoms with Crippen LogP contribution in [0.25, 0.3) is 0 Å². The van der Waals surface area contributed by atoms with Crippen molar-refractivity contribution in [3.8, 4) is 0 Å². The number of carbonyl (C=O) groups excluding carboxylic acids is 3. The highest BCUT2D eigenvalue weighted by atomic mass is 16.4. The van der Waals surface area contributed by atoms with E-state index in [9.17, 15) is 19.2 Å². The first-order chi connectivity index (χ1) is 9.86. The van der Waals surface area contributed by atoms with Gasteiger partial charge in [0.15, 0.2) is 0 Å². The lowest BCUT2D eigenvalue weighted by molar-refractivity contribution is -0.139. The monoisotopic (exact) mass is 290 g/mol. The van der Waals surface area contributed by atoms with Gasteiger partial charge in [0.1, 0.15) is 6.04 Å². The standard InChI is InChI=1S/C14H14N2O5/c1-3-10(14(20)21)15-11(17)7-4-5-8-9(6-7)13(19)16(2)12(8)18/h4-6,10H,3H2,1-2H3,(H,15,17)(H,20,21). The Balaban J connectivity index is 2.28. The van der Waals surface area contributed by atoms with E-state index in [1.54, 1.807) is 6.92 Å². The van der Waals surface area contributed by atoms with Gasteiger partial charge in [0.2, 0.25) is 0 Å². The highest BCUT2D eigenvalue weighted by Gasteiger charge is 2.33. The van der Waals surface area contributed by atoms with Crippen LogP contribution < -0.4 is 5.32 Å². The molecule has 7 heteroatoms. The number of carbonyl (C=O) groups is 4. The first kappa shape index (κ1) is 14.7. The molecule has 110 valence electrons. The molecule has 21 heavy (non-hydrogen) atoms. The highest BCUT2D eigenvalue weighted by Crippen LogP contribution is 2.22. The molecule has 0 aromatic heterocycles. The molecule has 1 heterocycles. The smallest absolute Gasteiger partial charge is 0.326 e. The normalized spacial score (nSPS) is 14.9. The molecule has 1 unspecified atom stereocenters. The summed E-state index contributed by atoms with van der Waals surface area (Å²) in [5.74, 6) is -2.62. The van der Waals surface area contributed by atoms with E-state index in [2.05, 4.69) is 5.32 Å². The number of aliphatic carboxylic acids is 1. The molecule has 1 aromatic carbocycles. The van der Waals surface area contributed by atoms with Crippen molar-refractivity contribution in [2.45, 2.75) is 19.4 Å². The average molecular weight is 290 g/mol. The largest absolute Gasteiger partial charge is 0.480 e. The van der Waals surface area contributed by atoms with Crippen LogP contribution in [-0.4, -0.2) is 46.8 Å². The Labute approximate surface area is 120 Å². The summed E-state index contributed by atoms with van der Waals surface area (Å²) in [7, 11) is 1.36. The molecule has 0 bridgehead atoms. The van der Waals surface area contributed by atoms with Crippen LogP contribution in [0.5, 0.6) is 0 Å². The third kappa shape index (κ3) is 2.49. The number of carboxylic acid groups (broad SMARTS) is 1. The quantitative estimate of drug-likeness (QED) is 0.786. The Morgan fingerprint density at radius 1 is 1.24 bits per heavy atom. The molecule has 2 rings (SSSR count). The molecular formula is C14H14N2O5.